The number of hydrogen-bond donors (Lipinski definition) is 1. The number of nitrogens with zero attached hydrogens (tertiary/aromatic N) is 5. The molecule has 2 aliphatic heterocycles. The molecular weight excluding hydrogens is 328 g/mol. The minimum absolute atomic E-state index is 0.102. The van der Waals surface area contributed by atoms with E-state index in [9.17, 15) is 4.79 Å². The van der Waals surface area contributed by atoms with Crippen LogP contribution in [0.25, 0.3) is 0 Å². The molecule has 2 aromatic rings. The molecule has 1 unspecified atom stereocenters. The first-order valence-electron chi connectivity index (χ1n) is 9.58. The number of anilines is 1. The molecule has 4 rings (SSSR count). The van der Waals surface area contributed by atoms with E-state index < -0.39 is 0 Å². The second-order valence-corrected chi connectivity index (χ2v) is 7.82. The average molecular weight is 356 g/mol. The summed E-state index contributed by atoms with van der Waals surface area (Å²) in [5, 5.41) is 12.3. The van der Waals surface area contributed by atoms with Crippen LogP contribution in [0.15, 0.2) is 12.3 Å². The van der Waals surface area contributed by atoms with Crippen molar-refractivity contribution in [3.05, 3.63) is 29.2 Å². The van der Waals surface area contributed by atoms with Gasteiger partial charge in [-0.1, -0.05) is 0 Å². The Kier molecular flexibility index (Phi) is 4.56. The number of nitrogens with one attached hydrogen (secondary N) is 1. The largest absolute Gasteiger partial charge is 0.311 e. The molecule has 1 N–H and O–H groups in total. The Labute approximate surface area is 154 Å². The Balaban J connectivity index is 1.52. The number of likely N-dealkylation sites (tertiary alicyclic amines) is 1. The summed E-state index contributed by atoms with van der Waals surface area (Å²) in [7, 11) is 2.16. The lowest BCUT2D eigenvalue weighted by atomic mass is 9.91. The zero-order valence-electron chi connectivity index (χ0n) is 15.9. The maximum absolute atomic E-state index is 12.3. The van der Waals surface area contributed by atoms with Gasteiger partial charge in [-0.25, -0.2) is 4.68 Å². The van der Waals surface area contributed by atoms with Crippen LogP contribution >= 0.6 is 0 Å². The third-order valence-corrected chi connectivity index (χ3v) is 5.78. The van der Waals surface area contributed by atoms with Crippen molar-refractivity contribution in [1.29, 1.82) is 0 Å². The van der Waals surface area contributed by atoms with Crippen molar-refractivity contribution in [2.24, 2.45) is 0 Å². The van der Waals surface area contributed by atoms with Crippen LogP contribution in [0.4, 0.5) is 5.82 Å². The van der Waals surface area contributed by atoms with Crippen LogP contribution in [0.2, 0.25) is 0 Å². The van der Waals surface area contributed by atoms with Gasteiger partial charge in [0, 0.05) is 24.2 Å². The summed E-state index contributed by atoms with van der Waals surface area (Å²) >= 11 is 0. The molecule has 1 fully saturated rings. The summed E-state index contributed by atoms with van der Waals surface area (Å²) in [4.78, 5) is 14.7. The third kappa shape index (κ3) is 3.28. The van der Waals surface area contributed by atoms with Crippen molar-refractivity contribution in [2.75, 3.05) is 25.5 Å². The Morgan fingerprint density at radius 3 is 2.73 bits per heavy atom. The topological polar surface area (TPSA) is 68.0 Å². The molecule has 0 saturated carbocycles. The predicted octanol–water partition coefficient (Wildman–Crippen LogP) is 2.48. The number of amides is 1. The van der Waals surface area contributed by atoms with Crippen molar-refractivity contribution >= 4 is 11.7 Å². The molecular formula is C19H28N6O. The van der Waals surface area contributed by atoms with Crippen LogP contribution in [0.5, 0.6) is 0 Å². The van der Waals surface area contributed by atoms with E-state index in [0.29, 0.717) is 12.5 Å². The van der Waals surface area contributed by atoms with Crippen LogP contribution in [0.3, 0.4) is 0 Å². The van der Waals surface area contributed by atoms with Crippen LogP contribution in [-0.2, 0) is 11.3 Å². The monoisotopic (exact) mass is 356 g/mol. The maximum Gasteiger partial charge on any atom is 0.226 e. The van der Waals surface area contributed by atoms with Crippen molar-refractivity contribution < 1.29 is 4.79 Å². The molecule has 1 saturated heterocycles. The lowest BCUT2D eigenvalue weighted by molar-refractivity contribution is -0.117. The Bertz CT molecular complexity index is 799. The second kappa shape index (κ2) is 6.87. The number of rotatable bonds is 4. The van der Waals surface area contributed by atoms with Gasteiger partial charge >= 0.3 is 0 Å². The first-order valence-corrected chi connectivity index (χ1v) is 9.58. The van der Waals surface area contributed by atoms with Gasteiger partial charge in [0.25, 0.3) is 0 Å². The van der Waals surface area contributed by atoms with E-state index in [1.807, 2.05) is 17.8 Å². The van der Waals surface area contributed by atoms with E-state index >= 15 is 0 Å². The van der Waals surface area contributed by atoms with Gasteiger partial charge in [0.1, 0.15) is 5.82 Å². The number of piperidine rings is 1. The molecule has 0 bridgehead atoms. The highest BCUT2D eigenvalue weighted by Crippen LogP contribution is 2.37. The minimum atomic E-state index is 0.102. The predicted molar refractivity (Wildman–Crippen MR) is 100 cm³/mol. The molecule has 0 aliphatic carbocycles. The van der Waals surface area contributed by atoms with Gasteiger partial charge in [-0.3, -0.25) is 9.48 Å². The van der Waals surface area contributed by atoms with E-state index in [4.69, 9.17) is 0 Å². The smallest absolute Gasteiger partial charge is 0.226 e. The molecule has 7 heteroatoms. The van der Waals surface area contributed by atoms with Gasteiger partial charge in [0.05, 0.1) is 17.9 Å². The summed E-state index contributed by atoms with van der Waals surface area (Å²) in [6, 6.07) is 2.47. The van der Waals surface area contributed by atoms with Crippen molar-refractivity contribution in [1.82, 2.24) is 24.5 Å². The van der Waals surface area contributed by atoms with Gasteiger partial charge in [-0.2, -0.15) is 10.2 Å². The lowest BCUT2D eigenvalue weighted by Crippen LogP contribution is -2.33. The van der Waals surface area contributed by atoms with E-state index in [2.05, 4.69) is 45.1 Å². The zero-order valence-corrected chi connectivity index (χ0v) is 15.9. The van der Waals surface area contributed by atoms with Gasteiger partial charge < -0.3 is 10.2 Å². The number of fused-ring (bicyclic) bond motifs is 1. The normalized spacial score (nSPS) is 21.7. The number of carbonyl (C=O) groups is 1. The number of aromatic nitrogens is 4. The Morgan fingerprint density at radius 2 is 2.04 bits per heavy atom. The van der Waals surface area contributed by atoms with Crippen molar-refractivity contribution in [2.45, 2.75) is 58.0 Å². The van der Waals surface area contributed by atoms with E-state index in [1.165, 1.54) is 11.3 Å². The number of hydrogen-bond acceptors (Lipinski definition) is 4. The fourth-order valence-electron chi connectivity index (χ4n) is 4.27. The second-order valence-electron chi connectivity index (χ2n) is 7.82. The fraction of sp³-hybridized carbons (Fsp3) is 0.632. The minimum Gasteiger partial charge on any atom is -0.311 e. The lowest BCUT2D eigenvalue weighted by Gasteiger charge is -2.31. The molecule has 0 spiro atoms. The summed E-state index contributed by atoms with van der Waals surface area (Å²) in [6.45, 7) is 7.08. The molecule has 1 amide bonds. The molecule has 2 aliphatic rings. The first kappa shape index (κ1) is 17.3. The van der Waals surface area contributed by atoms with E-state index in [1.54, 1.807) is 0 Å². The molecule has 26 heavy (non-hydrogen) atoms. The quantitative estimate of drug-likeness (QED) is 0.914. The first-order chi connectivity index (χ1) is 12.5. The fourth-order valence-corrected chi connectivity index (χ4v) is 4.27. The van der Waals surface area contributed by atoms with Crippen LogP contribution < -0.4 is 5.32 Å². The third-order valence-electron chi connectivity index (χ3n) is 5.78. The number of carbonyl (C=O) groups excluding carboxylic acids is 1. The van der Waals surface area contributed by atoms with Gasteiger partial charge in [-0.05, 0) is 65.2 Å². The molecule has 4 heterocycles. The molecule has 0 radical (unpaired) electrons. The SMILES string of the molecule is Cc1cc(C)n(CCC2CC(=O)Nc3c2cnn3C2CCN(C)CC2)n1. The standard InChI is InChI=1S/C19H28N6O/c1-13-10-14(2)24(22-13)9-4-15-11-18(26)21-19-17(15)12-20-25(19)16-5-7-23(3)8-6-16/h10,12,15-16H,4-9,11H2,1-3H3,(H,21,26). The maximum atomic E-state index is 12.3. The van der Waals surface area contributed by atoms with Crippen LogP contribution in [0.1, 0.15) is 54.6 Å². The summed E-state index contributed by atoms with van der Waals surface area (Å²) in [5.74, 6) is 1.24. The highest BCUT2D eigenvalue weighted by atomic mass is 16.1. The van der Waals surface area contributed by atoms with Gasteiger partial charge in [-0.15, -0.1) is 0 Å². The highest BCUT2D eigenvalue weighted by Gasteiger charge is 2.31. The van der Waals surface area contributed by atoms with Crippen LogP contribution in [0, 0.1) is 13.8 Å². The zero-order chi connectivity index (χ0) is 18.3. The van der Waals surface area contributed by atoms with Crippen LogP contribution in [-0.4, -0.2) is 50.5 Å². The Hall–Kier alpha value is -2.15. The highest BCUT2D eigenvalue weighted by molar-refractivity contribution is 5.93. The van der Waals surface area contributed by atoms with Gasteiger partial charge in [0.2, 0.25) is 5.91 Å². The van der Waals surface area contributed by atoms with E-state index in [0.717, 1.165) is 50.4 Å². The van der Waals surface area contributed by atoms with Crippen molar-refractivity contribution in [3.8, 4) is 0 Å². The summed E-state index contributed by atoms with van der Waals surface area (Å²) < 4.78 is 4.11. The molecule has 7 nitrogen and oxygen atoms in total. The number of aryl methyl sites for hydroxylation is 3. The average Bonchev–Trinajstić information content (AvgIpc) is 3.16. The van der Waals surface area contributed by atoms with E-state index in [-0.39, 0.29) is 11.8 Å². The molecule has 1 atom stereocenters. The molecule has 140 valence electrons. The van der Waals surface area contributed by atoms with Crippen molar-refractivity contribution in [3.63, 3.8) is 0 Å². The molecule has 2 aromatic heterocycles. The Morgan fingerprint density at radius 1 is 1.27 bits per heavy atom. The summed E-state index contributed by atoms with van der Waals surface area (Å²) in [6.07, 6.45) is 5.57. The molecule has 0 aromatic carbocycles. The summed E-state index contributed by atoms with van der Waals surface area (Å²) in [5.41, 5.74) is 3.40. The van der Waals surface area contributed by atoms with Gasteiger partial charge in [0.15, 0.2) is 0 Å².